The third kappa shape index (κ3) is 2.47. The molecular formula is C15H23N3O2. The topological polar surface area (TPSA) is 57.5 Å². The molecule has 1 aromatic heterocycles. The number of amides is 1. The minimum atomic E-state index is -0.0782. The van der Waals surface area contributed by atoms with Gasteiger partial charge in [-0.1, -0.05) is 0 Å². The largest absolute Gasteiger partial charge is 0.467 e. The highest BCUT2D eigenvalue weighted by atomic mass is 16.3. The Morgan fingerprint density at radius 3 is 3.15 bits per heavy atom. The standard InChI is InChI=1S/C15H23N3O2/c1-10-14-8-16-6-12(14)9-18(10)11(2)15(19)17-7-13-4-3-5-20-13/h3-5,10-12,14,16H,6-9H2,1-2H3,(H,17,19). The van der Waals surface area contributed by atoms with Crippen molar-refractivity contribution in [2.75, 3.05) is 19.6 Å². The van der Waals surface area contributed by atoms with Crippen LogP contribution in [0.5, 0.6) is 0 Å². The Kier molecular flexibility index (Phi) is 3.81. The van der Waals surface area contributed by atoms with E-state index in [9.17, 15) is 4.79 Å². The second-order valence-electron chi connectivity index (χ2n) is 5.99. The summed E-state index contributed by atoms with van der Waals surface area (Å²) in [6.07, 6.45) is 1.63. The van der Waals surface area contributed by atoms with Crippen LogP contribution in [0.1, 0.15) is 19.6 Å². The van der Waals surface area contributed by atoms with Gasteiger partial charge in [-0.05, 0) is 50.9 Å². The van der Waals surface area contributed by atoms with E-state index in [1.165, 1.54) is 0 Å². The molecule has 110 valence electrons. The lowest BCUT2D eigenvalue weighted by molar-refractivity contribution is -0.126. The van der Waals surface area contributed by atoms with Crippen LogP contribution < -0.4 is 10.6 Å². The molecule has 3 rings (SSSR count). The molecule has 2 aliphatic rings. The van der Waals surface area contributed by atoms with Crippen LogP contribution in [0.15, 0.2) is 22.8 Å². The lowest BCUT2D eigenvalue weighted by Gasteiger charge is -2.29. The maximum absolute atomic E-state index is 12.3. The molecule has 3 heterocycles. The van der Waals surface area contributed by atoms with Crippen LogP contribution in [-0.2, 0) is 11.3 Å². The van der Waals surface area contributed by atoms with Crippen molar-refractivity contribution in [3.63, 3.8) is 0 Å². The first-order chi connectivity index (χ1) is 9.66. The lowest BCUT2D eigenvalue weighted by Crippen LogP contribution is -2.48. The van der Waals surface area contributed by atoms with Gasteiger partial charge in [0, 0.05) is 12.6 Å². The van der Waals surface area contributed by atoms with Gasteiger partial charge in [-0.2, -0.15) is 0 Å². The number of fused-ring (bicyclic) bond motifs is 1. The number of likely N-dealkylation sites (tertiary alicyclic amines) is 1. The third-order valence-corrected chi connectivity index (χ3v) is 4.87. The van der Waals surface area contributed by atoms with Crippen molar-refractivity contribution in [3.8, 4) is 0 Å². The van der Waals surface area contributed by atoms with Gasteiger partial charge in [0.25, 0.3) is 0 Å². The van der Waals surface area contributed by atoms with E-state index in [0.717, 1.165) is 25.4 Å². The van der Waals surface area contributed by atoms with E-state index in [-0.39, 0.29) is 11.9 Å². The highest BCUT2D eigenvalue weighted by molar-refractivity contribution is 5.81. The molecule has 5 heteroatoms. The molecule has 0 aromatic carbocycles. The molecule has 4 atom stereocenters. The zero-order valence-corrected chi connectivity index (χ0v) is 12.1. The SMILES string of the molecule is CC(C(=O)NCc1ccco1)N1CC2CNCC2C1C. The van der Waals surface area contributed by atoms with E-state index in [4.69, 9.17) is 4.42 Å². The van der Waals surface area contributed by atoms with E-state index in [1.807, 2.05) is 19.1 Å². The average Bonchev–Trinajstić information content (AvgIpc) is 3.14. The third-order valence-electron chi connectivity index (χ3n) is 4.87. The van der Waals surface area contributed by atoms with Crippen LogP contribution in [-0.4, -0.2) is 42.5 Å². The second-order valence-corrected chi connectivity index (χ2v) is 5.99. The van der Waals surface area contributed by atoms with Gasteiger partial charge in [0.05, 0.1) is 18.8 Å². The Balaban J connectivity index is 1.55. The fourth-order valence-corrected chi connectivity index (χ4v) is 3.60. The van der Waals surface area contributed by atoms with E-state index >= 15 is 0 Å². The Morgan fingerprint density at radius 1 is 1.60 bits per heavy atom. The number of furan rings is 1. The molecule has 0 bridgehead atoms. The van der Waals surface area contributed by atoms with Crippen LogP contribution in [0.4, 0.5) is 0 Å². The van der Waals surface area contributed by atoms with E-state index in [0.29, 0.717) is 24.4 Å². The van der Waals surface area contributed by atoms with Crippen molar-refractivity contribution in [1.82, 2.24) is 15.5 Å². The van der Waals surface area contributed by atoms with Crippen molar-refractivity contribution < 1.29 is 9.21 Å². The number of rotatable bonds is 4. The maximum atomic E-state index is 12.3. The summed E-state index contributed by atoms with van der Waals surface area (Å²) in [5.41, 5.74) is 0. The number of hydrogen-bond donors (Lipinski definition) is 2. The average molecular weight is 277 g/mol. The van der Waals surface area contributed by atoms with Gasteiger partial charge in [0.1, 0.15) is 5.76 Å². The van der Waals surface area contributed by atoms with E-state index < -0.39 is 0 Å². The Bertz CT molecular complexity index is 460. The van der Waals surface area contributed by atoms with Crippen LogP contribution in [0.3, 0.4) is 0 Å². The van der Waals surface area contributed by atoms with Gasteiger partial charge < -0.3 is 15.1 Å². The Morgan fingerprint density at radius 2 is 2.45 bits per heavy atom. The summed E-state index contributed by atoms with van der Waals surface area (Å²) >= 11 is 0. The van der Waals surface area contributed by atoms with Crippen molar-refractivity contribution >= 4 is 5.91 Å². The molecule has 4 unspecified atom stereocenters. The number of hydrogen-bond acceptors (Lipinski definition) is 4. The predicted molar refractivity (Wildman–Crippen MR) is 76.0 cm³/mol. The maximum Gasteiger partial charge on any atom is 0.237 e. The van der Waals surface area contributed by atoms with Crippen LogP contribution in [0, 0.1) is 11.8 Å². The van der Waals surface area contributed by atoms with Gasteiger partial charge in [0.15, 0.2) is 0 Å². The quantitative estimate of drug-likeness (QED) is 0.855. The summed E-state index contributed by atoms with van der Waals surface area (Å²) in [4.78, 5) is 14.6. The smallest absolute Gasteiger partial charge is 0.237 e. The van der Waals surface area contributed by atoms with Crippen LogP contribution in [0.25, 0.3) is 0 Å². The second kappa shape index (κ2) is 5.58. The lowest BCUT2D eigenvalue weighted by atomic mass is 9.95. The summed E-state index contributed by atoms with van der Waals surface area (Å²) in [7, 11) is 0. The fraction of sp³-hybridized carbons (Fsp3) is 0.667. The molecule has 1 aromatic rings. The molecule has 1 amide bonds. The first kappa shape index (κ1) is 13.6. The molecule has 0 saturated carbocycles. The van der Waals surface area contributed by atoms with E-state index in [2.05, 4.69) is 22.5 Å². The number of nitrogens with one attached hydrogen (secondary N) is 2. The predicted octanol–water partition coefficient (Wildman–Crippen LogP) is 0.824. The summed E-state index contributed by atoms with van der Waals surface area (Å²) in [6.45, 7) is 7.91. The minimum Gasteiger partial charge on any atom is -0.467 e. The fourth-order valence-electron chi connectivity index (χ4n) is 3.60. The molecule has 0 aliphatic carbocycles. The molecular weight excluding hydrogens is 254 g/mol. The van der Waals surface area contributed by atoms with Gasteiger partial charge >= 0.3 is 0 Å². The molecule has 2 saturated heterocycles. The van der Waals surface area contributed by atoms with Gasteiger partial charge in [-0.25, -0.2) is 0 Å². The molecule has 2 aliphatic heterocycles. The van der Waals surface area contributed by atoms with Gasteiger partial charge in [-0.15, -0.1) is 0 Å². The Hall–Kier alpha value is -1.33. The summed E-state index contributed by atoms with van der Waals surface area (Å²) in [6, 6.07) is 4.10. The summed E-state index contributed by atoms with van der Waals surface area (Å²) < 4.78 is 5.23. The molecule has 5 nitrogen and oxygen atoms in total. The van der Waals surface area contributed by atoms with Crippen molar-refractivity contribution in [3.05, 3.63) is 24.2 Å². The highest BCUT2D eigenvalue weighted by Crippen LogP contribution is 2.33. The van der Waals surface area contributed by atoms with Crippen molar-refractivity contribution in [2.24, 2.45) is 11.8 Å². The molecule has 2 fully saturated rings. The molecule has 0 radical (unpaired) electrons. The minimum absolute atomic E-state index is 0.0782. The number of nitrogens with zero attached hydrogens (tertiary/aromatic N) is 1. The monoisotopic (exact) mass is 277 g/mol. The summed E-state index contributed by atoms with van der Waals surface area (Å²) in [5.74, 6) is 2.27. The molecule has 20 heavy (non-hydrogen) atoms. The van der Waals surface area contributed by atoms with Crippen LogP contribution >= 0.6 is 0 Å². The van der Waals surface area contributed by atoms with Crippen LogP contribution in [0.2, 0.25) is 0 Å². The normalized spacial score (nSPS) is 31.2. The zero-order chi connectivity index (χ0) is 14.1. The zero-order valence-electron chi connectivity index (χ0n) is 12.1. The van der Waals surface area contributed by atoms with Crippen molar-refractivity contribution in [1.29, 1.82) is 0 Å². The van der Waals surface area contributed by atoms with Crippen molar-refractivity contribution in [2.45, 2.75) is 32.5 Å². The summed E-state index contributed by atoms with van der Waals surface area (Å²) in [5, 5.41) is 6.41. The first-order valence-electron chi connectivity index (χ1n) is 7.43. The number of carbonyl (C=O) groups is 1. The number of carbonyl (C=O) groups excluding carboxylic acids is 1. The van der Waals surface area contributed by atoms with Gasteiger partial charge in [-0.3, -0.25) is 9.69 Å². The first-order valence-corrected chi connectivity index (χ1v) is 7.43. The van der Waals surface area contributed by atoms with Gasteiger partial charge in [0.2, 0.25) is 5.91 Å². The highest BCUT2D eigenvalue weighted by Gasteiger charge is 2.44. The van der Waals surface area contributed by atoms with E-state index in [1.54, 1.807) is 6.26 Å². The Labute approximate surface area is 119 Å². The molecule has 2 N–H and O–H groups in total. The molecule has 0 spiro atoms.